The predicted molar refractivity (Wildman–Crippen MR) is 86.9 cm³/mol. The van der Waals surface area contributed by atoms with Crippen molar-refractivity contribution in [1.82, 2.24) is 9.88 Å². The van der Waals surface area contributed by atoms with Crippen LogP contribution in [0.25, 0.3) is 10.9 Å². The molecular formula is C18H22N2O2. The van der Waals surface area contributed by atoms with Crippen LogP contribution in [0.1, 0.15) is 43.0 Å². The van der Waals surface area contributed by atoms with Crippen LogP contribution < -0.4 is 5.32 Å². The Morgan fingerprint density at radius 3 is 2.86 bits per heavy atom. The Labute approximate surface area is 130 Å². The third-order valence-electron chi connectivity index (χ3n) is 4.72. The molecule has 2 atom stereocenters. The molecule has 1 N–H and O–H groups in total. The Hall–Kier alpha value is -2.10. The summed E-state index contributed by atoms with van der Waals surface area (Å²) >= 11 is 0. The van der Waals surface area contributed by atoms with Gasteiger partial charge in [0.25, 0.3) is 0 Å². The van der Waals surface area contributed by atoms with Crippen LogP contribution in [-0.2, 0) is 11.3 Å². The van der Waals surface area contributed by atoms with E-state index < -0.39 is 0 Å². The van der Waals surface area contributed by atoms with Gasteiger partial charge in [0.1, 0.15) is 6.54 Å². The number of nitrogens with zero attached hydrogens (tertiary/aromatic N) is 1. The number of fused-ring (bicyclic) bond motifs is 1. The summed E-state index contributed by atoms with van der Waals surface area (Å²) in [6.45, 7) is 2.47. The van der Waals surface area contributed by atoms with Gasteiger partial charge < -0.3 is 9.88 Å². The second-order valence-electron chi connectivity index (χ2n) is 6.28. The lowest BCUT2D eigenvalue weighted by Gasteiger charge is -2.29. The minimum atomic E-state index is 0.0250. The maximum absolute atomic E-state index is 12.3. The number of para-hydroxylation sites is 1. The van der Waals surface area contributed by atoms with E-state index in [1.54, 1.807) is 6.20 Å². The number of aldehydes is 1. The van der Waals surface area contributed by atoms with Gasteiger partial charge in [-0.25, -0.2) is 0 Å². The fourth-order valence-corrected chi connectivity index (χ4v) is 3.44. The summed E-state index contributed by atoms with van der Waals surface area (Å²) in [5, 5.41) is 4.06. The molecule has 0 bridgehead atoms. The number of carbonyl (C=O) groups is 2. The smallest absolute Gasteiger partial charge is 0.240 e. The second-order valence-corrected chi connectivity index (χ2v) is 6.28. The average molecular weight is 298 g/mol. The second kappa shape index (κ2) is 6.34. The normalized spacial score (nSPS) is 21.7. The van der Waals surface area contributed by atoms with Gasteiger partial charge in [-0.3, -0.25) is 9.59 Å². The van der Waals surface area contributed by atoms with Crippen molar-refractivity contribution in [2.24, 2.45) is 5.92 Å². The first-order valence-corrected chi connectivity index (χ1v) is 8.01. The van der Waals surface area contributed by atoms with Crippen LogP contribution in [0.4, 0.5) is 0 Å². The summed E-state index contributed by atoms with van der Waals surface area (Å²) in [4.78, 5) is 23.5. The Morgan fingerprint density at radius 1 is 1.32 bits per heavy atom. The number of nitrogens with one attached hydrogen (secondary N) is 1. The minimum absolute atomic E-state index is 0.0250. The highest BCUT2D eigenvalue weighted by Crippen LogP contribution is 2.24. The lowest BCUT2D eigenvalue weighted by atomic mass is 9.86. The molecule has 1 aromatic heterocycles. The molecule has 116 valence electrons. The molecule has 3 rings (SSSR count). The molecule has 1 amide bonds. The quantitative estimate of drug-likeness (QED) is 0.882. The van der Waals surface area contributed by atoms with Crippen LogP contribution in [0.15, 0.2) is 30.5 Å². The summed E-state index contributed by atoms with van der Waals surface area (Å²) in [7, 11) is 0. The van der Waals surface area contributed by atoms with E-state index >= 15 is 0 Å². The number of hydrogen-bond acceptors (Lipinski definition) is 2. The highest BCUT2D eigenvalue weighted by Gasteiger charge is 2.23. The maximum atomic E-state index is 12.3. The van der Waals surface area contributed by atoms with Gasteiger partial charge >= 0.3 is 0 Å². The van der Waals surface area contributed by atoms with E-state index in [0.29, 0.717) is 11.5 Å². The minimum Gasteiger partial charge on any atom is -0.352 e. The summed E-state index contributed by atoms with van der Waals surface area (Å²) in [5.41, 5.74) is 1.56. The monoisotopic (exact) mass is 298 g/mol. The average Bonchev–Trinajstić information content (AvgIpc) is 2.88. The van der Waals surface area contributed by atoms with E-state index in [-0.39, 0.29) is 18.5 Å². The van der Waals surface area contributed by atoms with E-state index in [4.69, 9.17) is 0 Å². The van der Waals surface area contributed by atoms with E-state index in [9.17, 15) is 9.59 Å². The molecule has 1 aromatic carbocycles. The summed E-state index contributed by atoms with van der Waals surface area (Å²) in [5.74, 6) is 0.571. The van der Waals surface area contributed by atoms with Gasteiger partial charge in [0.05, 0.1) is 0 Å². The molecular weight excluding hydrogens is 276 g/mol. The van der Waals surface area contributed by atoms with Crippen molar-refractivity contribution < 1.29 is 9.59 Å². The summed E-state index contributed by atoms with van der Waals surface area (Å²) < 4.78 is 1.86. The summed E-state index contributed by atoms with van der Waals surface area (Å²) in [6.07, 6.45) is 7.32. The zero-order valence-electron chi connectivity index (χ0n) is 12.9. The molecule has 2 aromatic rings. The van der Waals surface area contributed by atoms with Crippen LogP contribution in [0.2, 0.25) is 0 Å². The summed E-state index contributed by atoms with van der Waals surface area (Å²) in [6, 6.07) is 7.97. The molecule has 1 saturated carbocycles. The third-order valence-corrected chi connectivity index (χ3v) is 4.72. The van der Waals surface area contributed by atoms with Crippen molar-refractivity contribution in [1.29, 1.82) is 0 Å². The Kier molecular flexibility index (Phi) is 4.27. The molecule has 0 aliphatic heterocycles. The Balaban J connectivity index is 1.75. The topological polar surface area (TPSA) is 51.1 Å². The van der Waals surface area contributed by atoms with Gasteiger partial charge in [0.2, 0.25) is 5.91 Å². The molecule has 1 aliphatic rings. The molecule has 1 heterocycles. The van der Waals surface area contributed by atoms with Gasteiger partial charge in [-0.1, -0.05) is 38.0 Å². The van der Waals surface area contributed by atoms with Crippen molar-refractivity contribution in [3.63, 3.8) is 0 Å². The SMILES string of the molecule is C[C@H]1CCCC[C@@H]1NC(=O)Cn1cc(C=O)c2ccccc21. The number of hydrogen-bond donors (Lipinski definition) is 1. The first kappa shape index (κ1) is 14.8. The number of amides is 1. The zero-order chi connectivity index (χ0) is 15.5. The fourth-order valence-electron chi connectivity index (χ4n) is 3.44. The maximum Gasteiger partial charge on any atom is 0.240 e. The van der Waals surface area contributed by atoms with Crippen molar-refractivity contribution in [2.45, 2.75) is 45.2 Å². The molecule has 0 unspecified atom stereocenters. The highest BCUT2D eigenvalue weighted by atomic mass is 16.2. The van der Waals surface area contributed by atoms with E-state index in [0.717, 1.165) is 23.6 Å². The van der Waals surface area contributed by atoms with Gasteiger partial charge in [-0.05, 0) is 24.8 Å². The van der Waals surface area contributed by atoms with Crippen molar-refractivity contribution in [2.75, 3.05) is 0 Å². The van der Waals surface area contributed by atoms with Gasteiger partial charge in [0, 0.05) is 28.7 Å². The van der Waals surface area contributed by atoms with Crippen LogP contribution in [0.3, 0.4) is 0 Å². The number of rotatable bonds is 4. The lowest BCUT2D eigenvalue weighted by molar-refractivity contribution is -0.122. The third kappa shape index (κ3) is 2.91. The van der Waals surface area contributed by atoms with Crippen LogP contribution in [0, 0.1) is 5.92 Å². The highest BCUT2D eigenvalue weighted by molar-refractivity contribution is 5.98. The van der Waals surface area contributed by atoms with Crippen molar-refractivity contribution >= 4 is 23.1 Å². The van der Waals surface area contributed by atoms with Crippen LogP contribution >= 0.6 is 0 Å². The fraction of sp³-hybridized carbons (Fsp3) is 0.444. The Bertz CT molecular complexity index is 689. The molecule has 0 spiro atoms. The first-order chi connectivity index (χ1) is 10.7. The van der Waals surface area contributed by atoms with Crippen LogP contribution in [-0.4, -0.2) is 22.8 Å². The van der Waals surface area contributed by atoms with Gasteiger partial charge in [0.15, 0.2) is 6.29 Å². The number of carbonyl (C=O) groups excluding carboxylic acids is 2. The largest absolute Gasteiger partial charge is 0.352 e. The first-order valence-electron chi connectivity index (χ1n) is 8.01. The van der Waals surface area contributed by atoms with Gasteiger partial charge in [-0.2, -0.15) is 0 Å². The van der Waals surface area contributed by atoms with Crippen LogP contribution in [0.5, 0.6) is 0 Å². The van der Waals surface area contributed by atoms with Crippen molar-refractivity contribution in [3.05, 3.63) is 36.0 Å². The molecule has 0 radical (unpaired) electrons. The predicted octanol–water partition coefficient (Wildman–Crippen LogP) is 3.15. The molecule has 4 nitrogen and oxygen atoms in total. The van der Waals surface area contributed by atoms with E-state index in [1.165, 1.54) is 19.3 Å². The molecule has 4 heteroatoms. The number of benzene rings is 1. The lowest BCUT2D eigenvalue weighted by Crippen LogP contribution is -2.42. The molecule has 0 saturated heterocycles. The van der Waals surface area contributed by atoms with E-state index in [1.807, 2.05) is 28.8 Å². The van der Waals surface area contributed by atoms with Crippen molar-refractivity contribution in [3.8, 4) is 0 Å². The molecule has 1 aliphatic carbocycles. The standard InChI is InChI=1S/C18H22N2O2/c1-13-6-2-4-8-16(13)19-18(22)11-20-10-14(12-21)15-7-3-5-9-17(15)20/h3,5,7,9-10,12-13,16H,2,4,6,8,11H2,1H3,(H,19,22)/t13-,16-/m0/s1. The number of aromatic nitrogens is 1. The molecule has 22 heavy (non-hydrogen) atoms. The Morgan fingerprint density at radius 2 is 2.09 bits per heavy atom. The molecule has 1 fully saturated rings. The zero-order valence-corrected chi connectivity index (χ0v) is 12.9. The van der Waals surface area contributed by atoms with Gasteiger partial charge in [-0.15, -0.1) is 0 Å². The van der Waals surface area contributed by atoms with E-state index in [2.05, 4.69) is 12.2 Å².